The van der Waals surface area contributed by atoms with Crippen molar-refractivity contribution in [3.8, 4) is 0 Å². The van der Waals surface area contributed by atoms with Gasteiger partial charge in [-0.2, -0.15) is 0 Å². The fourth-order valence-electron chi connectivity index (χ4n) is 2.08. The van der Waals surface area contributed by atoms with Crippen LogP contribution in [0.25, 0.3) is 0 Å². The topological polar surface area (TPSA) is 51.8 Å². The number of nitrogens with zero attached hydrogens (tertiary/aromatic N) is 2. The van der Waals surface area contributed by atoms with Crippen LogP contribution in [-0.4, -0.2) is 10.2 Å². The average molecular weight is 195 g/mol. The van der Waals surface area contributed by atoms with E-state index < -0.39 is 0 Å². The summed E-state index contributed by atoms with van der Waals surface area (Å²) in [4.78, 5) is 0. The number of nitrogen functional groups attached to an aromatic ring is 1. The third kappa shape index (κ3) is 1.43. The molecule has 2 aliphatic rings. The number of aromatic nitrogens is 2. The maximum Gasteiger partial charge on any atom is 0.203 e. The van der Waals surface area contributed by atoms with Crippen LogP contribution in [-0.2, 0) is 0 Å². The number of hydrogen-bond donors (Lipinski definition) is 1. The molecule has 1 heterocycles. The molecule has 70 valence electrons. The van der Waals surface area contributed by atoms with Gasteiger partial charge in [-0.3, -0.25) is 0 Å². The van der Waals surface area contributed by atoms with E-state index in [1.165, 1.54) is 30.7 Å². The summed E-state index contributed by atoms with van der Waals surface area (Å²) < 4.78 is 0. The van der Waals surface area contributed by atoms with Crippen molar-refractivity contribution in [3.05, 3.63) is 5.01 Å². The minimum absolute atomic E-state index is 0.626. The molecule has 4 heteroatoms. The normalized spacial score (nSPS) is 22.5. The summed E-state index contributed by atoms with van der Waals surface area (Å²) >= 11 is 1.59. The average Bonchev–Trinajstić information content (AvgIpc) is 2.95. The summed E-state index contributed by atoms with van der Waals surface area (Å²) in [5.41, 5.74) is 5.60. The van der Waals surface area contributed by atoms with Crippen molar-refractivity contribution in [2.24, 2.45) is 11.8 Å². The molecular weight excluding hydrogens is 182 g/mol. The Bertz CT molecular complexity index is 302. The largest absolute Gasteiger partial charge is 0.374 e. The van der Waals surface area contributed by atoms with Crippen LogP contribution in [0.1, 0.15) is 36.6 Å². The molecule has 0 radical (unpaired) electrons. The first kappa shape index (κ1) is 7.74. The molecule has 3 rings (SSSR count). The molecule has 1 aromatic rings. The van der Waals surface area contributed by atoms with Gasteiger partial charge in [0.2, 0.25) is 5.13 Å². The van der Waals surface area contributed by atoms with Crippen LogP contribution in [0.4, 0.5) is 5.13 Å². The smallest absolute Gasteiger partial charge is 0.203 e. The van der Waals surface area contributed by atoms with Gasteiger partial charge in [-0.15, -0.1) is 10.2 Å². The highest BCUT2D eigenvalue weighted by Gasteiger charge is 2.43. The second-order valence-corrected chi connectivity index (χ2v) is 5.22. The van der Waals surface area contributed by atoms with Gasteiger partial charge in [0, 0.05) is 5.92 Å². The lowest BCUT2D eigenvalue weighted by Crippen LogP contribution is -2.03. The zero-order valence-corrected chi connectivity index (χ0v) is 8.26. The lowest BCUT2D eigenvalue weighted by Gasteiger charge is -2.09. The molecule has 0 atom stereocenters. The van der Waals surface area contributed by atoms with E-state index in [0.29, 0.717) is 11.0 Å². The Morgan fingerprint density at radius 1 is 1.15 bits per heavy atom. The van der Waals surface area contributed by atoms with Crippen LogP contribution in [0.3, 0.4) is 0 Å². The van der Waals surface area contributed by atoms with E-state index in [1.807, 2.05) is 0 Å². The third-order valence-corrected chi connectivity index (χ3v) is 3.85. The Kier molecular flexibility index (Phi) is 1.59. The first-order valence-corrected chi connectivity index (χ1v) is 5.75. The summed E-state index contributed by atoms with van der Waals surface area (Å²) in [6, 6.07) is 0. The Labute approximate surface area is 81.4 Å². The Hall–Kier alpha value is -0.640. The standard InChI is InChI=1S/C9H13N3S/c10-9-12-11-8(13-9)7(5-1-2-5)6-3-4-6/h5-7H,1-4H2,(H2,10,12). The summed E-state index contributed by atoms with van der Waals surface area (Å²) in [5, 5.41) is 9.91. The van der Waals surface area contributed by atoms with Crippen LogP contribution < -0.4 is 5.73 Å². The fourth-order valence-corrected chi connectivity index (χ4v) is 2.98. The predicted octanol–water partition coefficient (Wildman–Crippen LogP) is 2.02. The summed E-state index contributed by atoms with van der Waals surface area (Å²) in [6.45, 7) is 0. The predicted molar refractivity (Wildman–Crippen MR) is 52.5 cm³/mol. The SMILES string of the molecule is Nc1nnc(C(C2CC2)C2CC2)s1. The van der Waals surface area contributed by atoms with E-state index in [1.54, 1.807) is 11.3 Å². The van der Waals surface area contributed by atoms with Gasteiger partial charge in [-0.25, -0.2) is 0 Å². The second-order valence-electron chi connectivity index (χ2n) is 4.18. The van der Waals surface area contributed by atoms with Gasteiger partial charge in [0.1, 0.15) is 5.01 Å². The maximum atomic E-state index is 5.60. The van der Waals surface area contributed by atoms with Crippen molar-refractivity contribution in [1.29, 1.82) is 0 Å². The minimum Gasteiger partial charge on any atom is -0.374 e. The monoisotopic (exact) mass is 195 g/mol. The zero-order valence-electron chi connectivity index (χ0n) is 7.44. The molecule has 0 spiro atoms. The Morgan fingerprint density at radius 2 is 1.77 bits per heavy atom. The van der Waals surface area contributed by atoms with E-state index in [0.717, 1.165) is 11.8 Å². The van der Waals surface area contributed by atoms with Crippen LogP contribution >= 0.6 is 11.3 Å². The quantitative estimate of drug-likeness (QED) is 0.802. The highest BCUT2D eigenvalue weighted by molar-refractivity contribution is 7.15. The molecule has 1 aromatic heterocycles. The van der Waals surface area contributed by atoms with E-state index in [2.05, 4.69) is 10.2 Å². The Morgan fingerprint density at radius 3 is 2.15 bits per heavy atom. The number of rotatable bonds is 3. The van der Waals surface area contributed by atoms with Gasteiger partial charge in [0.15, 0.2) is 0 Å². The van der Waals surface area contributed by atoms with Crippen LogP contribution in [0.2, 0.25) is 0 Å². The van der Waals surface area contributed by atoms with Crippen LogP contribution in [0, 0.1) is 11.8 Å². The van der Waals surface area contributed by atoms with Crippen molar-refractivity contribution in [3.63, 3.8) is 0 Å². The van der Waals surface area contributed by atoms with Gasteiger partial charge < -0.3 is 5.73 Å². The molecule has 0 amide bonds. The summed E-state index contributed by atoms with van der Waals surface area (Å²) in [5.74, 6) is 2.51. The van der Waals surface area contributed by atoms with Gasteiger partial charge in [0.25, 0.3) is 0 Å². The first-order chi connectivity index (χ1) is 6.34. The first-order valence-electron chi connectivity index (χ1n) is 4.93. The summed E-state index contributed by atoms with van der Waals surface area (Å²) in [7, 11) is 0. The molecule has 13 heavy (non-hydrogen) atoms. The molecule has 0 unspecified atom stereocenters. The van der Waals surface area contributed by atoms with E-state index in [9.17, 15) is 0 Å². The molecule has 3 nitrogen and oxygen atoms in total. The fraction of sp³-hybridized carbons (Fsp3) is 0.778. The van der Waals surface area contributed by atoms with Crippen molar-refractivity contribution < 1.29 is 0 Å². The van der Waals surface area contributed by atoms with Crippen molar-refractivity contribution in [2.75, 3.05) is 5.73 Å². The highest BCUT2D eigenvalue weighted by atomic mass is 32.1. The lowest BCUT2D eigenvalue weighted by molar-refractivity contribution is 0.531. The molecular formula is C9H13N3S. The second kappa shape index (κ2) is 2.67. The van der Waals surface area contributed by atoms with Gasteiger partial charge >= 0.3 is 0 Å². The van der Waals surface area contributed by atoms with E-state index in [-0.39, 0.29) is 0 Å². The number of nitrogens with two attached hydrogens (primary N) is 1. The molecule has 0 saturated heterocycles. The molecule has 2 saturated carbocycles. The van der Waals surface area contributed by atoms with Crippen LogP contribution in [0.15, 0.2) is 0 Å². The van der Waals surface area contributed by atoms with Gasteiger partial charge in [-0.1, -0.05) is 11.3 Å². The Balaban J connectivity index is 1.86. The zero-order chi connectivity index (χ0) is 8.84. The molecule has 2 N–H and O–H groups in total. The third-order valence-electron chi connectivity index (χ3n) is 3.00. The van der Waals surface area contributed by atoms with Crippen molar-refractivity contribution >= 4 is 16.5 Å². The van der Waals surface area contributed by atoms with Crippen molar-refractivity contribution in [2.45, 2.75) is 31.6 Å². The van der Waals surface area contributed by atoms with Gasteiger partial charge in [0.05, 0.1) is 0 Å². The molecule has 0 bridgehead atoms. The number of hydrogen-bond acceptors (Lipinski definition) is 4. The minimum atomic E-state index is 0.626. The maximum absolute atomic E-state index is 5.60. The number of anilines is 1. The molecule has 2 aliphatic carbocycles. The van der Waals surface area contributed by atoms with Crippen molar-refractivity contribution in [1.82, 2.24) is 10.2 Å². The van der Waals surface area contributed by atoms with E-state index >= 15 is 0 Å². The molecule has 0 aromatic carbocycles. The van der Waals surface area contributed by atoms with E-state index in [4.69, 9.17) is 5.73 Å². The lowest BCUT2D eigenvalue weighted by atomic mass is 9.99. The molecule has 2 fully saturated rings. The van der Waals surface area contributed by atoms with Gasteiger partial charge in [-0.05, 0) is 37.5 Å². The summed E-state index contributed by atoms with van der Waals surface area (Å²) in [6.07, 6.45) is 5.56. The van der Waals surface area contributed by atoms with Crippen LogP contribution in [0.5, 0.6) is 0 Å². The molecule has 0 aliphatic heterocycles. The highest BCUT2D eigenvalue weighted by Crippen LogP contribution is 2.54.